The number of hydrogen-bond acceptors (Lipinski definition) is 5. The SMILES string of the molecule is COc1ncc(C2CN(C(=O)OC(C)(C)C)CCC2(F)F)cc1C=O. The highest BCUT2D eigenvalue weighted by Crippen LogP contribution is 2.41. The van der Waals surface area contributed by atoms with Crippen LogP contribution in [0.4, 0.5) is 13.6 Å². The molecule has 0 saturated carbocycles. The maximum absolute atomic E-state index is 14.4. The van der Waals surface area contributed by atoms with Gasteiger partial charge in [0, 0.05) is 25.7 Å². The van der Waals surface area contributed by atoms with Gasteiger partial charge < -0.3 is 14.4 Å². The highest BCUT2D eigenvalue weighted by atomic mass is 19.3. The molecule has 1 unspecified atom stereocenters. The summed E-state index contributed by atoms with van der Waals surface area (Å²) in [6.45, 7) is 4.83. The summed E-state index contributed by atoms with van der Waals surface area (Å²) in [5, 5.41) is 0. The number of methoxy groups -OCH3 is 1. The van der Waals surface area contributed by atoms with E-state index in [2.05, 4.69) is 4.98 Å². The molecule has 6 nitrogen and oxygen atoms in total. The maximum Gasteiger partial charge on any atom is 0.410 e. The van der Waals surface area contributed by atoms with E-state index in [-0.39, 0.29) is 30.1 Å². The highest BCUT2D eigenvalue weighted by Gasteiger charge is 2.47. The average molecular weight is 356 g/mol. The number of carbonyl (C=O) groups is 2. The molecule has 1 saturated heterocycles. The molecule has 1 aromatic rings. The number of aldehydes is 1. The molecule has 0 spiro atoms. The van der Waals surface area contributed by atoms with Crippen molar-refractivity contribution in [1.82, 2.24) is 9.88 Å². The first-order valence-corrected chi connectivity index (χ1v) is 7.92. The third-order valence-corrected chi connectivity index (χ3v) is 3.90. The molecule has 2 heterocycles. The topological polar surface area (TPSA) is 68.7 Å². The molecule has 1 aliphatic heterocycles. The summed E-state index contributed by atoms with van der Waals surface area (Å²) in [5.74, 6) is -4.22. The van der Waals surface area contributed by atoms with Crippen LogP contribution in [0.1, 0.15) is 49.0 Å². The standard InChI is InChI=1S/C17H22F2N2O4/c1-16(2,3)25-15(23)21-6-5-17(18,19)13(9-21)11-7-12(10-22)14(24-4)20-8-11/h7-8,10,13H,5-6,9H2,1-4H3. The van der Waals surface area contributed by atoms with Crippen molar-refractivity contribution >= 4 is 12.4 Å². The Morgan fingerprint density at radius 2 is 2.12 bits per heavy atom. The van der Waals surface area contributed by atoms with Crippen LogP contribution in [0.2, 0.25) is 0 Å². The summed E-state index contributed by atoms with van der Waals surface area (Å²) >= 11 is 0. The Hall–Kier alpha value is -2.25. The van der Waals surface area contributed by atoms with E-state index in [9.17, 15) is 18.4 Å². The molecule has 1 atom stereocenters. The Kier molecular flexibility index (Phi) is 5.29. The lowest BCUT2D eigenvalue weighted by molar-refractivity contribution is -0.0772. The van der Waals surface area contributed by atoms with E-state index in [1.807, 2.05) is 0 Å². The highest BCUT2D eigenvalue weighted by molar-refractivity contribution is 5.78. The second-order valence-electron chi connectivity index (χ2n) is 6.97. The van der Waals surface area contributed by atoms with Gasteiger partial charge in [0.1, 0.15) is 5.60 Å². The van der Waals surface area contributed by atoms with Gasteiger partial charge in [0.2, 0.25) is 5.88 Å². The molecular formula is C17H22F2N2O4. The van der Waals surface area contributed by atoms with E-state index in [1.54, 1.807) is 20.8 Å². The predicted molar refractivity (Wildman–Crippen MR) is 86.3 cm³/mol. The van der Waals surface area contributed by atoms with Crippen LogP contribution >= 0.6 is 0 Å². The third-order valence-electron chi connectivity index (χ3n) is 3.90. The molecule has 0 N–H and O–H groups in total. The van der Waals surface area contributed by atoms with Gasteiger partial charge >= 0.3 is 6.09 Å². The lowest BCUT2D eigenvalue weighted by Crippen LogP contribution is -2.49. The Morgan fingerprint density at radius 3 is 2.68 bits per heavy atom. The summed E-state index contributed by atoms with van der Waals surface area (Å²) in [5.41, 5.74) is -0.440. The Labute approximate surface area is 145 Å². The zero-order valence-electron chi connectivity index (χ0n) is 14.7. The number of pyridine rings is 1. The van der Waals surface area contributed by atoms with Crippen LogP contribution in [0.3, 0.4) is 0 Å². The Morgan fingerprint density at radius 1 is 1.44 bits per heavy atom. The zero-order chi connectivity index (χ0) is 18.8. The van der Waals surface area contributed by atoms with Crippen LogP contribution in [0.25, 0.3) is 0 Å². The molecular weight excluding hydrogens is 334 g/mol. The summed E-state index contributed by atoms with van der Waals surface area (Å²) in [6, 6.07) is 1.33. The minimum atomic E-state index is -3.02. The van der Waals surface area contributed by atoms with Gasteiger partial charge in [-0.2, -0.15) is 0 Å². The van der Waals surface area contributed by atoms with Crippen LogP contribution < -0.4 is 4.74 Å². The number of amides is 1. The monoisotopic (exact) mass is 356 g/mol. The predicted octanol–water partition coefficient (Wildman–Crippen LogP) is 3.26. The van der Waals surface area contributed by atoms with Gasteiger partial charge in [0.25, 0.3) is 5.92 Å². The number of aromatic nitrogens is 1. The second kappa shape index (κ2) is 6.93. The number of ether oxygens (including phenoxy) is 2. The van der Waals surface area contributed by atoms with Gasteiger partial charge in [-0.05, 0) is 32.4 Å². The molecule has 2 rings (SSSR count). The number of nitrogens with zero attached hydrogens (tertiary/aromatic N) is 2. The fourth-order valence-electron chi connectivity index (χ4n) is 2.68. The Bertz CT molecular complexity index is 659. The molecule has 1 fully saturated rings. The van der Waals surface area contributed by atoms with Crippen molar-refractivity contribution < 1.29 is 27.8 Å². The van der Waals surface area contributed by atoms with Gasteiger partial charge in [-0.25, -0.2) is 18.6 Å². The summed E-state index contributed by atoms with van der Waals surface area (Å²) in [4.78, 5) is 28.5. The van der Waals surface area contributed by atoms with Gasteiger partial charge in [0.05, 0.1) is 18.6 Å². The first kappa shape index (κ1) is 19.1. The van der Waals surface area contributed by atoms with E-state index in [4.69, 9.17) is 9.47 Å². The third kappa shape index (κ3) is 4.43. The normalized spacial score (nSPS) is 20.1. The van der Waals surface area contributed by atoms with Crippen molar-refractivity contribution in [2.75, 3.05) is 20.2 Å². The van der Waals surface area contributed by atoms with Crippen LogP contribution in [-0.4, -0.2) is 54.0 Å². The van der Waals surface area contributed by atoms with Crippen molar-refractivity contribution in [2.24, 2.45) is 0 Å². The number of halogens is 2. The quantitative estimate of drug-likeness (QED) is 0.778. The molecule has 138 valence electrons. The van der Waals surface area contributed by atoms with Crippen molar-refractivity contribution in [3.05, 3.63) is 23.4 Å². The number of alkyl halides is 2. The number of likely N-dealkylation sites (tertiary alicyclic amines) is 1. The summed E-state index contributed by atoms with van der Waals surface area (Å²) in [7, 11) is 1.34. The number of piperidine rings is 1. The molecule has 25 heavy (non-hydrogen) atoms. The van der Waals surface area contributed by atoms with Crippen molar-refractivity contribution in [3.8, 4) is 5.88 Å². The zero-order valence-corrected chi connectivity index (χ0v) is 14.7. The minimum absolute atomic E-state index is 0.0712. The fraction of sp³-hybridized carbons (Fsp3) is 0.588. The molecule has 1 amide bonds. The van der Waals surface area contributed by atoms with Crippen molar-refractivity contribution in [1.29, 1.82) is 0 Å². The van der Waals surface area contributed by atoms with Gasteiger partial charge in [-0.1, -0.05) is 0 Å². The molecule has 0 aromatic carbocycles. The van der Waals surface area contributed by atoms with Crippen LogP contribution in [-0.2, 0) is 4.74 Å². The van der Waals surface area contributed by atoms with Crippen molar-refractivity contribution in [3.63, 3.8) is 0 Å². The van der Waals surface area contributed by atoms with Crippen LogP contribution in [0.5, 0.6) is 5.88 Å². The lowest BCUT2D eigenvalue weighted by Gasteiger charge is -2.39. The number of hydrogen-bond donors (Lipinski definition) is 0. The van der Waals surface area contributed by atoms with E-state index in [0.29, 0.717) is 6.29 Å². The van der Waals surface area contributed by atoms with E-state index < -0.39 is 30.0 Å². The largest absolute Gasteiger partial charge is 0.480 e. The summed E-state index contributed by atoms with van der Waals surface area (Å²) in [6.07, 6.45) is 0.634. The maximum atomic E-state index is 14.4. The van der Waals surface area contributed by atoms with E-state index >= 15 is 0 Å². The lowest BCUT2D eigenvalue weighted by atomic mass is 9.87. The van der Waals surface area contributed by atoms with Gasteiger partial charge in [0.15, 0.2) is 6.29 Å². The molecule has 8 heteroatoms. The number of rotatable bonds is 3. The molecule has 1 aliphatic rings. The van der Waals surface area contributed by atoms with Crippen molar-refractivity contribution in [2.45, 2.75) is 44.6 Å². The minimum Gasteiger partial charge on any atom is -0.480 e. The molecule has 0 bridgehead atoms. The molecule has 0 radical (unpaired) electrons. The Balaban J connectivity index is 2.28. The van der Waals surface area contributed by atoms with E-state index in [0.717, 1.165) is 0 Å². The number of carbonyl (C=O) groups excluding carboxylic acids is 2. The van der Waals surface area contributed by atoms with Crippen LogP contribution in [0.15, 0.2) is 12.3 Å². The molecule has 0 aliphatic carbocycles. The first-order chi connectivity index (χ1) is 11.6. The smallest absolute Gasteiger partial charge is 0.410 e. The first-order valence-electron chi connectivity index (χ1n) is 7.92. The van der Waals surface area contributed by atoms with Gasteiger partial charge in [-0.15, -0.1) is 0 Å². The fourth-order valence-corrected chi connectivity index (χ4v) is 2.68. The second-order valence-corrected chi connectivity index (χ2v) is 6.97. The summed E-state index contributed by atoms with van der Waals surface area (Å²) < 4.78 is 39.0. The van der Waals surface area contributed by atoms with Gasteiger partial charge in [-0.3, -0.25) is 4.79 Å². The average Bonchev–Trinajstić information content (AvgIpc) is 2.52. The van der Waals surface area contributed by atoms with Crippen LogP contribution in [0, 0.1) is 0 Å². The van der Waals surface area contributed by atoms with E-state index in [1.165, 1.54) is 24.3 Å². The molecule has 1 aromatic heterocycles.